The largest absolute Gasteiger partial charge is 0.299 e. The van der Waals surface area contributed by atoms with Crippen LogP contribution in [0.4, 0.5) is 4.39 Å². The molecule has 1 aliphatic heterocycles. The first-order chi connectivity index (χ1) is 8.94. The molecule has 1 N–H and O–H groups in total. The predicted octanol–water partition coefficient (Wildman–Crippen LogP) is 1.34. The lowest BCUT2D eigenvalue weighted by Crippen LogP contribution is -2.44. The molecule has 19 heavy (non-hydrogen) atoms. The van der Waals surface area contributed by atoms with Gasteiger partial charge in [-0.2, -0.15) is 0 Å². The fourth-order valence-electron chi connectivity index (χ4n) is 2.38. The minimum atomic E-state index is -3.14. The van der Waals surface area contributed by atoms with Gasteiger partial charge in [0.2, 0.25) is 10.0 Å². The molecule has 1 aromatic carbocycles. The van der Waals surface area contributed by atoms with Crippen LogP contribution < -0.4 is 4.72 Å². The molecule has 1 aromatic rings. The number of rotatable bonds is 4. The van der Waals surface area contributed by atoms with Crippen molar-refractivity contribution in [3.8, 4) is 0 Å². The third-order valence-electron chi connectivity index (χ3n) is 3.32. The molecule has 0 aliphatic carbocycles. The maximum atomic E-state index is 13.5. The molecule has 2 rings (SSSR count). The molecule has 0 unspecified atom stereocenters. The van der Waals surface area contributed by atoms with Crippen LogP contribution in [0.3, 0.4) is 0 Å². The van der Waals surface area contributed by atoms with Gasteiger partial charge in [0, 0.05) is 31.2 Å². The summed E-state index contributed by atoms with van der Waals surface area (Å²) in [4.78, 5) is 2.15. The Morgan fingerprint density at radius 2 is 1.95 bits per heavy atom. The molecule has 0 spiro atoms. The molecule has 0 saturated carbocycles. The van der Waals surface area contributed by atoms with E-state index < -0.39 is 10.0 Å². The maximum absolute atomic E-state index is 13.5. The lowest BCUT2D eigenvalue weighted by atomic mass is 10.1. The van der Waals surface area contributed by atoms with Crippen LogP contribution in [-0.2, 0) is 16.6 Å². The van der Waals surface area contributed by atoms with Gasteiger partial charge in [-0.25, -0.2) is 17.5 Å². The molecule has 1 fully saturated rings. The SMILES string of the molecule is CS(=O)(=O)NC1CCN(Cc2ccccc2F)CC1. The molecule has 1 aliphatic rings. The molecule has 1 saturated heterocycles. The van der Waals surface area contributed by atoms with Crippen molar-refractivity contribution in [1.29, 1.82) is 0 Å². The van der Waals surface area contributed by atoms with Crippen LogP contribution in [0.1, 0.15) is 18.4 Å². The molecule has 0 aromatic heterocycles. The average molecular weight is 286 g/mol. The molecule has 106 valence electrons. The smallest absolute Gasteiger partial charge is 0.208 e. The van der Waals surface area contributed by atoms with E-state index in [-0.39, 0.29) is 11.9 Å². The standard InChI is InChI=1S/C13H19FN2O2S/c1-19(17,18)15-12-6-8-16(9-7-12)10-11-4-2-3-5-13(11)14/h2-5,12,15H,6-10H2,1H3. The maximum Gasteiger partial charge on any atom is 0.208 e. The van der Waals surface area contributed by atoms with Crippen molar-refractivity contribution in [3.63, 3.8) is 0 Å². The molecule has 6 heteroatoms. The summed E-state index contributed by atoms with van der Waals surface area (Å²) in [6.45, 7) is 2.14. The Hall–Kier alpha value is -0.980. The normalized spacial score (nSPS) is 18.6. The summed E-state index contributed by atoms with van der Waals surface area (Å²) in [5, 5.41) is 0. The van der Waals surface area contributed by atoms with Crippen LogP contribution in [0.15, 0.2) is 24.3 Å². The minimum absolute atomic E-state index is 0.00636. The van der Waals surface area contributed by atoms with E-state index in [0.717, 1.165) is 25.9 Å². The third kappa shape index (κ3) is 4.56. The van der Waals surface area contributed by atoms with Crippen LogP contribution in [0.2, 0.25) is 0 Å². The summed E-state index contributed by atoms with van der Waals surface area (Å²) in [5.74, 6) is -0.182. The number of halogens is 1. The Labute approximate surface area is 113 Å². The number of hydrogen-bond donors (Lipinski definition) is 1. The Kier molecular flexibility index (Phi) is 4.54. The lowest BCUT2D eigenvalue weighted by Gasteiger charge is -2.31. The number of nitrogens with one attached hydrogen (secondary N) is 1. The van der Waals surface area contributed by atoms with Gasteiger partial charge in [0.1, 0.15) is 5.82 Å². The fraction of sp³-hybridized carbons (Fsp3) is 0.538. The van der Waals surface area contributed by atoms with Gasteiger partial charge in [-0.3, -0.25) is 4.90 Å². The van der Waals surface area contributed by atoms with Crippen molar-refractivity contribution >= 4 is 10.0 Å². The van der Waals surface area contributed by atoms with E-state index in [0.29, 0.717) is 12.1 Å². The van der Waals surface area contributed by atoms with E-state index in [1.807, 2.05) is 6.07 Å². The van der Waals surface area contributed by atoms with Crippen molar-refractivity contribution in [2.45, 2.75) is 25.4 Å². The van der Waals surface area contributed by atoms with E-state index in [1.54, 1.807) is 12.1 Å². The summed E-state index contributed by atoms with van der Waals surface area (Å²) in [5.41, 5.74) is 0.692. The molecule has 0 radical (unpaired) electrons. The van der Waals surface area contributed by atoms with Crippen molar-refractivity contribution in [1.82, 2.24) is 9.62 Å². The Bertz CT molecular complexity index is 525. The summed E-state index contributed by atoms with van der Waals surface area (Å²) in [6.07, 6.45) is 2.71. The van der Waals surface area contributed by atoms with Crippen LogP contribution in [0.5, 0.6) is 0 Å². The van der Waals surface area contributed by atoms with Gasteiger partial charge >= 0.3 is 0 Å². The van der Waals surface area contributed by atoms with Gasteiger partial charge < -0.3 is 0 Å². The molecule has 1 heterocycles. The zero-order valence-corrected chi connectivity index (χ0v) is 11.8. The van der Waals surface area contributed by atoms with Gasteiger partial charge in [0.05, 0.1) is 6.26 Å². The van der Waals surface area contributed by atoms with Crippen molar-refractivity contribution in [2.24, 2.45) is 0 Å². The third-order valence-corrected chi connectivity index (χ3v) is 4.08. The number of nitrogens with zero attached hydrogens (tertiary/aromatic N) is 1. The number of sulfonamides is 1. The monoisotopic (exact) mass is 286 g/mol. The minimum Gasteiger partial charge on any atom is -0.299 e. The number of benzene rings is 1. The molecule has 0 amide bonds. The predicted molar refractivity (Wildman–Crippen MR) is 72.7 cm³/mol. The zero-order chi connectivity index (χ0) is 13.9. The molecule has 0 atom stereocenters. The highest BCUT2D eigenvalue weighted by Crippen LogP contribution is 2.16. The van der Waals surface area contributed by atoms with Crippen LogP contribution >= 0.6 is 0 Å². The second kappa shape index (κ2) is 5.98. The molecule has 4 nitrogen and oxygen atoms in total. The van der Waals surface area contributed by atoms with Crippen LogP contribution in [0.25, 0.3) is 0 Å². The number of piperidine rings is 1. The summed E-state index contributed by atoms with van der Waals surface area (Å²) in [7, 11) is -3.14. The van der Waals surface area contributed by atoms with Crippen LogP contribution in [-0.4, -0.2) is 38.7 Å². The highest BCUT2D eigenvalue weighted by atomic mass is 32.2. The molecular formula is C13H19FN2O2S. The lowest BCUT2D eigenvalue weighted by molar-refractivity contribution is 0.198. The Balaban J connectivity index is 1.86. The van der Waals surface area contributed by atoms with E-state index in [1.165, 1.54) is 12.3 Å². The highest BCUT2D eigenvalue weighted by molar-refractivity contribution is 7.88. The average Bonchev–Trinajstić information content (AvgIpc) is 2.33. The topological polar surface area (TPSA) is 49.4 Å². The first-order valence-electron chi connectivity index (χ1n) is 6.37. The molecule has 0 bridgehead atoms. The Morgan fingerprint density at radius 3 is 2.53 bits per heavy atom. The van der Waals surface area contributed by atoms with Crippen molar-refractivity contribution in [3.05, 3.63) is 35.6 Å². The van der Waals surface area contributed by atoms with Crippen molar-refractivity contribution < 1.29 is 12.8 Å². The van der Waals surface area contributed by atoms with Gasteiger partial charge in [-0.1, -0.05) is 18.2 Å². The van der Waals surface area contributed by atoms with Gasteiger partial charge in [-0.05, 0) is 18.9 Å². The van der Waals surface area contributed by atoms with Gasteiger partial charge in [-0.15, -0.1) is 0 Å². The highest BCUT2D eigenvalue weighted by Gasteiger charge is 2.21. The summed E-state index contributed by atoms with van der Waals surface area (Å²) in [6, 6.07) is 6.77. The quantitative estimate of drug-likeness (QED) is 0.908. The second-order valence-corrected chi connectivity index (χ2v) is 6.81. The van der Waals surface area contributed by atoms with Gasteiger partial charge in [0.25, 0.3) is 0 Å². The van der Waals surface area contributed by atoms with Gasteiger partial charge in [0.15, 0.2) is 0 Å². The molecular weight excluding hydrogens is 267 g/mol. The fourth-order valence-corrected chi connectivity index (χ4v) is 3.22. The van der Waals surface area contributed by atoms with Crippen LogP contribution in [0, 0.1) is 5.82 Å². The first-order valence-corrected chi connectivity index (χ1v) is 8.26. The van der Waals surface area contributed by atoms with E-state index in [4.69, 9.17) is 0 Å². The van der Waals surface area contributed by atoms with E-state index in [2.05, 4.69) is 9.62 Å². The summed E-state index contributed by atoms with van der Waals surface area (Å²) >= 11 is 0. The Morgan fingerprint density at radius 1 is 1.32 bits per heavy atom. The number of likely N-dealkylation sites (tertiary alicyclic amines) is 1. The summed E-state index contributed by atoms with van der Waals surface area (Å²) < 4.78 is 38.4. The van der Waals surface area contributed by atoms with E-state index >= 15 is 0 Å². The number of hydrogen-bond acceptors (Lipinski definition) is 3. The van der Waals surface area contributed by atoms with E-state index in [9.17, 15) is 12.8 Å². The second-order valence-electron chi connectivity index (χ2n) is 5.03. The van der Waals surface area contributed by atoms with Crippen molar-refractivity contribution in [2.75, 3.05) is 19.3 Å². The zero-order valence-electron chi connectivity index (χ0n) is 11.0. The first kappa shape index (κ1) is 14.4.